The Morgan fingerprint density at radius 3 is 2.48 bits per heavy atom. The van der Waals surface area contributed by atoms with E-state index in [4.69, 9.17) is 10.5 Å². The average molecular weight is 300 g/mol. The summed E-state index contributed by atoms with van der Waals surface area (Å²) in [6.45, 7) is 2.93. The van der Waals surface area contributed by atoms with Gasteiger partial charge in [0.1, 0.15) is 5.75 Å². The van der Waals surface area contributed by atoms with Crippen LogP contribution in [0.4, 0.5) is 8.78 Å². The van der Waals surface area contributed by atoms with Crippen molar-refractivity contribution in [1.29, 1.82) is 0 Å². The zero-order valence-corrected chi connectivity index (χ0v) is 12.3. The number of ether oxygens (including phenoxy) is 2. The first-order valence-corrected chi connectivity index (χ1v) is 7.14. The third-order valence-electron chi connectivity index (χ3n) is 3.61. The van der Waals surface area contributed by atoms with Crippen LogP contribution in [0.1, 0.15) is 25.5 Å². The van der Waals surface area contributed by atoms with E-state index in [0.717, 1.165) is 13.1 Å². The molecule has 0 spiro atoms. The number of halogens is 2. The number of benzene rings is 1. The van der Waals surface area contributed by atoms with E-state index in [0.29, 0.717) is 12.1 Å². The van der Waals surface area contributed by atoms with Crippen LogP contribution >= 0.6 is 0 Å². The molecule has 0 bridgehead atoms. The third kappa shape index (κ3) is 4.12. The predicted octanol–water partition coefficient (Wildman–Crippen LogP) is 2.40. The molecule has 0 amide bonds. The predicted molar refractivity (Wildman–Crippen MR) is 76.5 cm³/mol. The summed E-state index contributed by atoms with van der Waals surface area (Å²) < 4.78 is 35.4. The molecule has 1 aromatic carbocycles. The molecular weight excluding hydrogens is 278 g/mol. The molecule has 6 heteroatoms. The summed E-state index contributed by atoms with van der Waals surface area (Å²) in [7, 11) is 0. The van der Waals surface area contributed by atoms with Gasteiger partial charge in [-0.15, -0.1) is 0 Å². The quantitative estimate of drug-likeness (QED) is 0.907. The smallest absolute Gasteiger partial charge is 0.387 e. The number of hydrogen-bond donors (Lipinski definition) is 1. The molecular formula is C15H22F2N2O2. The van der Waals surface area contributed by atoms with Crippen molar-refractivity contribution in [3.05, 3.63) is 29.8 Å². The van der Waals surface area contributed by atoms with Gasteiger partial charge in [0, 0.05) is 25.2 Å². The largest absolute Gasteiger partial charge is 0.434 e. The Labute approximate surface area is 123 Å². The minimum atomic E-state index is -2.84. The maximum absolute atomic E-state index is 12.5. The van der Waals surface area contributed by atoms with Gasteiger partial charge in [0.15, 0.2) is 0 Å². The second-order valence-electron chi connectivity index (χ2n) is 5.38. The number of nitrogens with zero attached hydrogens (tertiary/aromatic N) is 1. The van der Waals surface area contributed by atoms with Crippen LogP contribution in [0.3, 0.4) is 0 Å². The molecule has 0 aliphatic carbocycles. The molecule has 0 radical (unpaired) electrons. The average Bonchev–Trinajstić information content (AvgIpc) is 2.40. The Balaban J connectivity index is 2.24. The molecule has 1 fully saturated rings. The molecule has 0 aromatic heterocycles. The van der Waals surface area contributed by atoms with Gasteiger partial charge in [-0.25, -0.2) is 0 Å². The zero-order valence-electron chi connectivity index (χ0n) is 12.3. The summed E-state index contributed by atoms with van der Waals surface area (Å²) in [5.74, 6) is 0.190. The minimum absolute atomic E-state index is 0.0889. The van der Waals surface area contributed by atoms with Gasteiger partial charge >= 0.3 is 6.61 Å². The van der Waals surface area contributed by atoms with Crippen LogP contribution in [0.15, 0.2) is 24.3 Å². The molecule has 2 rings (SSSR count). The fraction of sp³-hybridized carbons (Fsp3) is 0.600. The molecule has 1 saturated heterocycles. The van der Waals surface area contributed by atoms with Gasteiger partial charge in [-0.3, -0.25) is 4.90 Å². The highest BCUT2D eigenvalue weighted by molar-refractivity contribution is 5.36. The lowest BCUT2D eigenvalue weighted by molar-refractivity contribution is -0.0817. The summed E-state index contributed by atoms with van der Waals surface area (Å²) in [6.07, 6.45) is 0.178. The van der Waals surface area contributed by atoms with Crippen LogP contribution in [0.5, 0.6) is 5.75 Å². The zero-order chi connectivity index (χ0) is 15.4. The molecule has 118 valence electrons. The Morgan fingerprint density at radius 1 is 1.29 bits per heavy atom. The summed E-state index contributed by atoms with van der Waals surface area (Å²) in [5, 5.41) is 0. The van der Waals surface area contributed by atoms with Crippen molar-refractivity contribution in [2.45, 2.75) is 38.7 Å². The topological polar surface area (TPSA) is 47.7 Å². The van der Waals surface area contributed by atoms with Crippen LogP contribution in [-0.4, -0.2) is 43.4 Å². The van der Waals surface area contributed by atoms with Gasteiger partial charge < -0.3 is 15.2 Å². The lowest BCUT2D eigenvalue weighted by Crippen LogP contribution is -2.48. The van der Waals surface area contributed by atoms with E-state index in [-0.39, 0.29) is 24.0 Å². The highest BCUT2D eigenvalue weighted by Gasteiger charge is 2.30. The Bertz CT molecular complexity index is 449. The van der Waals surface area contributed by atoms with Gasteiger partial charge in [-0.1, -0.05) is 18.2 Å². The number of para-hydroxylation sites is 1. The molecule has 1 aromatic rings. The highest BCUT2D eigenvalue weighted by Crippen LogP contribution is 2.31. The van der Waals surface area contributed by atoms with Crippen molar-refractivity contribution in [3.63, 3.8) is 0 Å². The monoisotopic (exact) mass is 300 g/mol. The number of alkyl halides is 2. The molecule has 2 N–H and O–H groups in total. The first-order chi connectivity index (χ1) is 10.0. The fourth-order valence-electron chi connectivity index (χ4n) is 2.90. The Hall–Kier alpha value is -1.24. The molecule has 0 saturated carbocycles. The molecule has 1 heterocycles. The summed E-state index contributed by atoms with van der Waals surface area (Å²) in [6, 6.07) is 6.68. The fourth-order valence-corrected chi connectivity index (χ4v) is 2.90. The van der Waals surface area contributed by atoms with Crippen LogP contribution in [0.2, 0.25) is 0 Å². The first kappa shape index (κ1) is 16.1. The number of morpholine rings is 1. The van der Waals surface area contributed by atoms with Crippen molar-refractivity contribution < 1.29 is 18.3 Å². The van der Waals surface area contributed by atoms with E-state index >= 15 is 0 Å². The van der Waals surface area contributed by atoms with Crippen molar-refractivity contribution in [1.82, 2.24) is 4.90 Å². The maximum Gasteiger partial charge on any atom is 0.387 e. The van der Waals surface area contributed by atoms with Crippen molar-refractivity contribution in [3.8, 4) is 5.75 Å². The number of nitrogens with two attached hydrogens (primary N) is 1. The minimum Gasteiger partial charge on any atom is -0.434 e. The van der Waals surface area contributed by atoms with E-state index in [1.807, 2.05) is 19.9 Å². The van der Waals surface area contributed by atoms with Crippen molar-refractivity contribution >= 4 is 0 Å². The van der Waals surface area contributed by atoms with Crippen LogP contribution in [0.25, 0.3) is 0 Å². The van der Waals surface area contributed by atoms with Crippen molar-refractivity contribution in [2.24, 2.45) is 5.73 Å². The van der Waals surface area contributed by atoms with E-state index in [9.17, 15) is 8.78 Å². The van der Waals surface area contributed by atoms with Crippen LogP contribution in [0, 0.1) is 0 Å². The molecule has 1 aliphatic rings. The second kappa shape index (κ2) is 7.15. The second-order valence-corrected chi connectivity index (χ2v) is 5.38. The van der Waals surface area contributed by atoms with Gasteiger partial charge in [-0.2, -0.15) is 8.78 Å². The van der Waals surface area contributed by atoms with E-state index < -0.39 is 6.61 Å². The first-order valence-electron chi connectivity index (χ1n) is 7.14. The molecule has 3 atom stereocenters. The number of hydrogen-bond acceptors (Lipinski definition) is 4. The van der Waals surface area contributed by atoms with Crippen LogP contribution in [-0.2, 0) is 4.74 Å². The van der Waals surface area contributed by atoms with Crippen LogP contribution < -0.4 is 10.5 Å². The summed E-state index contributed by atoms with van der Waals surface area (Å²) in [4.78, 5) is 2.17. The normalized spacial score (nSPS) is 25.0. The van der Waals surface area contributed by atoms with E-state index in [1.54, 1.807) is 18.2 Å². The molecule has 3 unspecified atom stereocenters. The Morgan fingerprint density at radius 2 is 1.90 bits per heavy atom. The third-order valence-corrected chi connectivity index (χ3v) is 3.61. The van der Waals surface area contributed by atoms with Gasteiger partial charge in [0.25, 0.3) is 0 Å². The van der Waals surface area contributed by atoms with Gasteiger partial charge in [0.2, 0.25) is 0 Å². The Kier molecular flexibility index (Phi) is 5.50. The lowest BCUT2D eigenvalue weighted by atomic mass is 10.0. The number of rotatable bonds is 5. The highest BCUT2D eigenvalue weighted by atomic mass is 19.3. The van der Waals surface area contributed by atoms with Gasteiger partial charge in [0.05, 0.1) is 18.2 Å². The van der Waals surface area contributed by atoms with E-state index in [1.165, 1.54) is 0 Å². The van der Waals surface area contributed by atoms with Crippen molar-refractivity contribution in [2.75, 3.05) is 19.6 Å². The summed E-state index contributed by atoms with van der Waals surface area (Å²) in [5.41, 5.74) is 6.60. The van der Waals surface area contributed by atoms with E-state index in [2.05, 4.69) is 9.64 Å². The molecule has 1 aliphatic heterocycles. The SMILES string of the molecule is CC1CN(C(CN)c2ccccc2OC(F)F)CC(C)O1. The lowest BCUT2D eigenvalue weighted by Gasteiger charge is -2.40. The maximum atomic E-state index is 12.5. The summed E-state index contributed by atoms with van der Waals surface area (Å²) >= 11 is 0. The standard InChI is InChI=1S/C15H22F2N2O2/c1-10-8-19(9-11(2)20-10)13(7-18)12-5-3-4-6-14(12)21-15(16)17/h3-6,10-11,13,15H,7-9,18H2,1-2H3. The molecule has 21 heavy (non-hydrogen) atoms. The molecule has 4 nitrogen and oxygen atoms in total. The van der Waals surface area contributed by atoms with Gasteiger partial charge in [-0.05, 0) is 19.9 Å².